The van der Waals surface area contributed by atoms with Gasteiger partial charge in [0.2, 0.25) is 0 Å². The van der Waals surface area contributed by atoms with Gasteiger partial charge in [0, 0.05) is 13.7 Å². The molecule has 19 heavy (non-hydrogen) atoms. The highest BCUT2D eigenvalue weighted by molar-refractivity contribution is 14.1. The Balaban J connectivity index is 2.26. The fraction of sp³-hybridized carbons (Fsp3) is 0.133. The molecular formula is C15H13BrINO. The average molecular weight is 430 g/mol. The van der Waals surface area contributed by atoms with Gasteiger partial charge in [0.15, 0.2) is 0 Å². The Morgan fingerprint density at radius 2 is 1.89 bits per heavy atom. The lowest BCUT2D eigenvalue weighted by Gasteiger charge is -2.09. The minimum atomic E-state index is -0.0798. The molecule has 0 aliphatic heterocycles. The maximum atomic E-state index is 12.3. The van der Waals surface area contributed by atoms with Gasteiger partial charge in [-0.3, -0.25) is 4.79 Å². The summed E-state index contributed by atoms with van der Waals surface area (Å²) in [6.45, 7) is 4.01. The molecule has 0 aliphatic carbocycles. The van der Waals surface area contributed by atoms with E-state index in [4.69, 9.17) is 0 Å². The Bertz CT molecular complexity index is 640. The van der Waals surface area contributed by atoms with Crippen molar-refractivity contribution >= 4 is 50.1 Å². The van der Waals surface area contributed by atoms with Gasteiger partial charge in [-0.2, -0.15) is 0 Å². The summed E-state index contributed by atoms with van der Waals surface area (Å²) >= 11 is 5.67. The van der Waals surface area contributed by atoms with E-state index in [9.17, 15) is 4.79 Å². The van der Waals surface area contributed by atoms with Gasteiger partial charge in [-0.15, -0.1) is 0 Å². The molecule has 0 bridgehead atoms. The van der Waals surface area contributed by atoms with Crippen LogP contribution in [0.2, 0.25) is 0 Å². The molecule has 0 spiro atoms. The molecule has 0 aliphatic rings. The number of amides is 1. The molecule has 0 heterocycles. The molecule has 2 aromatic carbocycles. The van der Waals surface area contributed by atoms with Crippen LogP contribution in [-0.2, 0) is 0 Å². The first kappa shape index (κ1) is 14.5. The summed E-state index contributed by atoms with van der Waals surface area (Å²) in [6, 6.07) is 11.5. The first-order valence-electron chi connectivity index (χ1n) is 5.81. The number of halogens is 2. The van der Waals surface area contributed by atoms with E-state index in [0.717, 1.165) is 24.9 Å². The lowest BCUT2D eigenvalue weighted by Crippen LogP contribution is -2.14. The Morgan fingerprint density at radius 1 is 1.16 bits per heavy atom. The Hall–Kier alpha value is -0.880. The van der Waals surface area contributed by atoms with Gasteiger partial charge in [-0.1, -0.05) is 34.1 Å². The second-order valence-corrected chi connectivity index (χ2v) is 6.29. The van der Waals surface area contributed by atoms with Crippen LogP contribution in [0.3, 0.4) is 0 Å². The number of nitrogens with one attached hydrogen (secondary N) is 1. The third-order valence-electron chi connectivity index (χ3n) is 2.87. The second kappa shape index (κ2) is 6.05. The molecule has 1 N–H and O–H groups in total. The fourth-order valence-corrected chi connectivity index (χ4v) is 2.68. The van der Waals surface area contributed by atoms with Crippen LogP contribution < -0.4 is 5.32 Å². The van der Waals surface area contributed by atoms with Gasteiger partial charge in [-0.05, 0) is 65.8 Å². The van der Waals surface area contributed by atoms with Crippen LogP contribution in [0.4, 0.5) is 5.69 Å². The van der Waals surface area contributed by atoms with E-state index in [1.165, 1.54) is 0 Å². The number of carbonyl (C=O) groups is 1. The fourth-order valence-electron chi connectivity index (χ4n) is 1.69. The van der Waals surface area contributed by atoms with Crippen LogP contribution in [0.25, 0.3) is 0 Å². The normalized spacial score (nSPS) is 10.3. The number of hydrogen-bond acceptors (Lipinski definition) is 1. The van der Waals surface area contributed by atoms with Gasteiger partial charge in [0.05, 0.1) is 5.56 Å². The molecule has 0 saturated heterocycles. The summed E-state index contributed by atoms with van der Waals surface area (Å²) in [4.78, 5) is 12.3. The summed E-state index contributed by atoms with van der Waals surface area (Å²) in [6.07, 6.45) is 0. The Labute approximate surface area is 134 Å². The average Bonchev–Trinajstić information content (AvgIpc) is 2.37. The highest BCUT2D eigenvalue weighted by Crippen LogP contribution is 2.22. The molecule has 2 nitrogen and oxygen atoms in total. The predicted molar refractivity (Wildman–Crippen MR) is 90.7 cm³/mol. The molecule has 0 radical (unpaired) electrons. The quantitative estimate of drug-likeness (QED) is 0.674. The predicted octanol–water partition coefficient (Wildman–Crippen LogP) is 4.92. The lowest BCUT2D eigenvalue weighted by atomic mass is 10.1. The summed E-state index contributed by atoms with van der Waals surface area (Å²) < 4.78 is 1.98. The first-order valence-corrected chi connectivity index (χ1v) is 7.69. The van der Waals surface area contributed by atoms with E-state index in [1.807, 2.05) is 50.2 Å². The highest BCUT2D eigenvalue weighted by atomic mass is 127. The molecule has 2 aromatic rings. The van der Waals surface area contributed by atoms with Crippen LogP contribution in [0, 0.1) is 17.4 Å². The van der Waals surface area contributed by atoms with E-state index >= 15 is 0 Å². The Morgan fingerprint density at radius 3 is 2.58 bits per heavy atom. The van der Waals surface area contributed by atoms with Gasteiger partial charge in [0.25, 0.3) is 5.91 Å². The van der Waals surface area contributed by atoms with Crippen molar-refractivity contribution in [3.05, 3.63) is 61.1 Å². The van der Waals surface area contributed by atoms with E-state index in [1.54, 1.807) is 0 Å². The largest absolute Gasteiger partial charge is 0.322 e. The van der Waals surface area contributed by atoms with Crippen molar-refractivity contribution in [2.75, 3.05) is 5.32 Å². The van der Waals surface area contributed by atoms with Gasteiger partial charge in [0.1, 0.15) is 0 Å². The zero-order valence-electron chi connectivity index (χ0n) is 10.6. The van der Waals surface area contributed by atoms with Crippen LogP contribution in [0.1, 0.15) is 21.5 Å². The van der Waals surface area contributed by atoms with E-state index in [0.29, 0.717) is 5.56 Å². The van der Waals surface area contributed by atoms with Crippen LogP contribution >= 0.6 is 38.5 Å². The molecule has 0 unspecified atom stereocenters. The van der Waals surface area contributed by atoms with E-state index in [-0.39, 0.29) is 5.91 Å². The van der Waals surface area contributed by atoms with Crippen LogP contribution in [0.15, 0.2) is 40.9 Å². The molecule has 98 valence electrons. The van der Waals surface area contributed by atoms with Gasteiger partial charge in [-0.25, -0.2) is 0 Å². The number of anilines is 1. The van der Waals surface area contributed by atoms with Gasteiger partial charge >= 0.3 is 0 Å². The number of carbonyl (C=O) groups excluding carboxylic acids is 1. The van der Waals surface area contributed by atoms with Crippen molar-refractivity contribution in [1.82, 2.24) is 0 Å². The van der Waals surface area contributed by atoms with Crippen molar-refractivity contribution < 1.29 is 4.79 Å². The standard InChI is InChI=1S/C15H13BrINO/c1-9-6-7-11(8-13(9)16)18-15(19)12-5-3-4-10(2)14(12)17/h3-8H,1-2H3,(H,18,19). The van der Waals surface area contributed by atoms with Crippen LogP contribution in [0.5, 0.6) is 0 Å². The number of rotatable bonds is 2. The lowest BCUT2D eigenvalue weighted by molar-refractivity contribution is 0.102. The maximum absolute atomic E-state index is 12.3. The molecular weight excluding hydrogens is 417 g/mol. The molecule has 2 rings (SSSR count). The zero-order valence-corrected chi connectivity index (χ0v) is 14.4. The smallest absolute Gasteiger partial charge is 0.256 e. The van der Waals surface area contributed by atoms with Crippen molar-refractivity contribution in [2.24, 2.45) is 0 Å². The molecule has 0 saturated carbocycles. The molecule has 4 heteroatoms. The molecule has 0 fully saturated rings. The molecule has 0 aromatic heterocycles. The Kier molecular flexibility index (Phi) is 4.62. The number of benzene rings is 2. The topological polar surface area (TPSA) is 29.1 Å². The summed E-state index contributed by atoms with van der Waals surface area (Å²) in [5.41, 5.74) is 3.75. The first-order chi connectivity index (χ1) is 8.99. The van der Waals surface area contributed by atoms with Gasteiger partial charge < -0.3 is 5.32 Å². The third kappa shape index (κ3) is 3.36. The maximum Gasteiger partial charge on any atom is 0.256 e. The summed E-state index contributed by atoms with van der Waals surface area (Å²) in [5, 5.41) is 2.92. The SMILES string of the molecule is Cc1ccc(NC(=O)c2cccc(C)c2I)cc1Br. The summed E-state index contributed by atoms with van der Waals surface area (Å²) in [5.74, 6) is -0.0798. The molecule has 0 atom stereocenters. The van der Waals surface area contributed by atoms with E-state index in [2.05, 4.69) is 43.8 Å². The second-order valence-electron chi connectivity index (χ2n) is 4.35. The van der Waals surface area contributed by atoms with Crippen molar-refractivity contribution in [2.45, 2.75) is 13.8 Å². The summed E-state index contributed by atoms with van der Waals surface area (Å²) in [7, 11) is 0. The minimum absolute atomic E-state index is 0.0798. The molecule has 1 amide bonds. The van der Waals surface area contributed by atoms with Crippen molar-refractivity contribution in [1.29, 1.82) is 0 Å². The number of aryl methyl sites for hydroxylation is 2. The highest BCUT2D eigenvalue weighted by Gasteiger charge is 2.11. The van der Waals surface area contributed by atoms with Crippen molar-refractivity contribution in [3.63, 3.8) is 0 Å². The third-order valence-corrected chi connectivity index (χ3v) is 5.15. The minimum Gasteiger partial charge on any atom is -0.322 e. The number of hydrogen-bond donors (Lipinski definition) is 1. The van der Waals surface area contributed by atoms with E-state index < -0.39 is 0 Å². The van der Waals surface area contributed by atoms with Crippen molar-refractivity contribution in [3.8, 4) is 0 Å². The monoisotopic (exact) mass is 429 g/mol. The zero-order chi connectivity index (χ0) is 14.0. The van der Waals surface area contributed by atoms with Crippen LogP contribution in [-0.4, -0.2) is 5.91 Å².